The summed E-state index contributed by atoms with van der Waals surface area (Å²) in [5.41, 5.74) is 0.961. The Morgan fingerprint density at radius 1 is 1.07 bits per heavy atom. The average Bonchev–Trinajstić information content (AvgIpc) is 2.77. The molecule has 2 atom stereocenters. The smallest absolute Gasteiger partial charge is 0.242 e. The van der Waals surface area contributed by atoms with Crippen molar-refractivity contribution < 1.29 is 14.3 Å². The first-order valence-electron chi connectivity index (χ1n) is 10.3. The number of hydrogen-bond acceptors (Lipinski definition) is 4. The number of hydrogen-bond donors (Lipinski definition) is 1. The summed E-state index contributed by atoms with van der Waals surface area (Å²) in [6, 6.07) is 17.1. The number of carbonyl (C=O) groups is 2. The van der Waals surface area contributed by atoms with Crippen molar-refractivity contribution in [2.24, 2.45) is 0 Å². The second-order valence-corrected chi connectivity index (χ2v) is 8.44. The normalized spacial score (nSPS) is 12.7. The van der Waals surface area contributed by atoms with E-state index in [-0.39, 0.29) is 17.9 Å². The van der Waals surface area contributed by atoms with Crippen molar-refractivity contribution in [3.8, 4) is 5.75 Å². The molecule has 0 heterocycles. The molecule has 2 rings (SSSR count). The van der Waals surface area contributed by atoms with E-state index in [1.807, 2.05) is 68.4 Å². The van der Waals surface area contributed by atoms with Gasteiger partial charge in [0, 0.05) is 29.7 Å². The molecule has 2 amide bonds. The van der Waals surface area contributed by atoms with E-state index in [0.717, 1.165) is 22.6 Å². The van der Waals surface area contributed by atoms with Crippen LogP contribution >= 0.6 is 11.8 Å². The van der Waals surface area contributed by atoms with Gasteiger partial charge in [-0.1, -0.05) is 37.3 Å². The molecule has 0 aliphatic carbocycles. The number of ether oxygens (including phenoxy) is 1. The minimum atomic E-state index is -0.546. The number of rotatable bonds is 11. The van der Waals surface area contributed by atoms with Crippen LogP contribution in [0.3, 0.4) is 0 Å². The van der Waals surface area contributed by atoms with E-state index in [1.54, 1.807) is 30.7 Å². The fourth-order valence-electron chi connectivity index (χ4n) is 2.89. The van der Waals surface area contributed by atoms with E-state index in [1.165, 1.54) is 0 Å². The van der Waals surface area contributed by atoms with Crippen LogP contribution in [0.25, 0.3) is 0 Å². The Balaban J connectivity index is 2.07. The van der Waals surface area contributed by atoms with Crippen LogP contribution in [-0.4, -0.2) is 41.7 Å². The molecule has 0 aromatic heterocycles. The lowest BCUT2D eigenvalue weighted by molar-refractivity contribution is -0.140. The van der Waals surface area contributed by atoms with E-state index < -0.39 is 6.04 Å². The predicted octanol–water partition coefficient (Wildman–Crippen LogP) is 4.51. The number of amides is 2. The second kappa shape index (κ2) is 12.3. The zero-order valence-corrected chi connectivity index (χ0v) is 19.1. The first-order valence-corrected chi connectivity index (χ1v) is 11.3. The Hall–Kier alpha value is -2.47. The van der Waals surface area contributed by atoms with E-state index in [9.17, 15) is 9.59 Å². The van der Waals surface area contributed by atoms with Crippen LogP contribution in [0.15, 0.2) is 59.5 Å². The molecule has 0 spiro atoms. The second-order valence-electron chi connectivity index (χ2n) is 7.28. The monoisotopic (exact) mass is 428 g/mol. The highest BCUT2D eigenvalue weighted by molar-refractivity contribution is 7.99. The molecule has 2 aromatic rings. The molecule has 0 saturated heterocycles. The van der Waals surface area contributed by atoms with Gasteiger partial charge in [0.2, 0.25) is 11.8 Å². The van der Waals surface area contributed by atoms with Crippen molar-refractivity contribution in [1.29, 1.82) is 0 Å². The van der Waals surface area contributed by atoms with Crippen LogP contribution in [-0.2, 0) is 16.1 Å². The van der Waals surface area contributed by atoms with Crippen molar-refractivity contribution in [3.05, 3.63) is 60.2 Å². The van der Waals surface area contributed by atoms with Crippen molar-refractivity contribution in [1.82, 2.24) is 10.2 Å². The van der Waals surface area contributed by atoms with Crippen LogP contribution in [0, 0.1) is 0 Å². The van der Waals surface area contributed by atoms with Crippen molar-refractivity contribution in [2.75, 3.05) is 12.9 Å². The fourth-order valence-corrected chi connectivity index (χ4v) is 3.75. The molecule has 0 bridgehead atoms. The molecule has 5 nitrogen and oxygen atoms in total. The number of nitrogens with zero attached hydrogens (tertiary/aromatic N) is 1. The summed E-state index contributed by atoms with van der Waals surface area (Å²) in [6.07, 6.45) is 1.22. The molecule has 0 aliphatic rings. The van der Waals surface area contributed by atoms with Crippen LogP contribution in [0.1, 0.15) is 39.2 Å². The summed E-state index contributed by atoms with van der Waals surface area (Å²) in [4.78, 5) is 28.6. The highest BCUT2D eigenvalue weighted by Gasteiger charge is 2.26. The molecule has 0 saturated carbocycles. The topological polar surface area (TPSA) is 58.6 Å². The highest BCUT2D eigenvalue weighted by atomic mass is 32.2. The summed E-state index contributed by atoms with van der Waals surface area (Å²) < 4.78 is 5.21. The minimum Gasteiger partial charge on any atom is -0.497 e. The molecule has 0 unspecified atom stereocenters. The van der Waals surface area contributed by atoms with E-state index in [4.69, 9.17) is 4.74 Å². The summed E-state index contributed by atoms with van der Waals surface area (Å²) in [5, 5.41) is 2.99. The molecular formula is C24H32N2O3S. The third-order valence-corrected chi connectivity index (χ3v) is 6.02. The minimum absolute atomic E-state index is 0.0268. The van der Waals surface area contributed by atoms with Crippen LogP contribution in [0.2, 0.25) is 0 Å². The third kappa shape index (κ3) is 7.41. The lowest BCUT2D eigenvalue weighted by Crippen LogP contribution is -2.49. The molecule has 162 valence electrons. The van der Waals surface area contributed by atoms with Crippen LogP contribution in [0.5, 0.6) is 5.75 Å². The highest BCUT2D eigenvalue weighted by Crippen LogP contribution is 2.20. The van der Waals surface area contributed by atoms with Gasteiger partial charge in [0.15, 0.2) is 0 Å². The maximum Gasteiger partial charge on any atom is 0.242 e. The Morgan fingerprint density at radius 3 is 2.33 bits per heavy atom. The molecule has 0 radical (unpaired) electrons. The van der Waals surface area contributed by atoms with Gasteiger partial charge in [-0.25, -0.2) is 0 Å². The molecule has 0 fully saturated rings. The van der Waals surface area contributed by atoms with Gasteiger partial charge >= 0.3 is 0 Å². The quantitative estimate of drug-likeness (QED) is 0.535. The van der Waals surface area contributed by atoms with Gasteiger partial charge in [0.1, 0.15) is 11.8 Å². The van der Waals surface area contributed by atoms with Gasteiger partial charge in [0.05, 0.1) is 7.11 Å². The van der Waals surface area contributed by atoms with Gasteiger partial charge in [-0.15, -0.1) is 11.8 Å². The molecule has 6 heteroatoms. The van der Waals surface area contributed by atoms with E-state index >= 15 is 0 Å². The fraction of sp³-hybridized carbons (Fsp3) is 0.417. The van der Waals surface area contributed by atoms with Gasteiger partial charge in [-0.2, -0.15) is 0 Å². The number of methoxy groups -OCH3 is 1. The largest absolute Gasteiger partial charge is 0.497 e. The predicted molar refractivity (Wildman–Crippen MR) is 123 cm³/mol. The standard InChI is InChI=1S/C24H32N2O3S/c1-5-18(2)25-24(28)19(3)26(17-20-11-13-21(29-4)14-12-20)23(27)15-16-30-22-9-7-6-8-10-22/h6-14,18-19H,5,15-17H2,1-4H3,(H,25,28)/t18-,19-/m0/s1. The van der Waals surface area contributed by atoms with E-state index in [2.05, 4.69) is 5.32 Å². The molecular weight excluding hydrogens is 396 g/mol. The number of benzene rings is 2. The van der Waals surface area contributed by atoms with Gasteiger partial charge in [0.25, 0.3) is 0 Å². The van der Waals surface area contributed by atoms with Crippen molar-refractivity contribution in [2.45, 2.75) is 57.1 Å². The number of carbonyl (C=O) groups excluding carboxylic acids is 2. The maximum atomic E-state index is 13.1. The van der Waals surface area contributed by atoms with Gasteiger partial charge in [-0.05, 0) is 50.1 Å². The molecule has 1 N–H and O–H groups in total. The summed E-state index contributed by atoms with van der Waals surface area (Å²) >= 11 is 1.65. The van der Waals surface area contributed by atoms with Gasteiger partial charge in [-0.3, -0.25) is 9.59 Å². The zero-order valence-electron chi connectivity index (χ0n) is 18.3. The van der Waals surface area contributed by atoms with Crippen molar-refractivity contribution in [3.63, 3.8) is 0 Å². The molecule has 0 aliphatic heterocycles. The Labute approximate surface area is 184 Å². The summed E-state index contributed by atoms with van der Waals surface area (Å²) in [7, 11) is 1.62. The maximum absolute atomic E-state index is 13.1. The molecule has 30 heavy (non-hydrogen) atoms. The zero-order chi connectivity index (χ0) is 21.9. The SMILES string of the molecule is CC[C@H](C)NC(=O)[C@H](C)N(Cc1ccc(OC)cc1)C(=O)CCSc1ccccc1. The van der Waals surface area contributed by atoms with Crippen molar-refractivity contribution >= 4 is 23.6 Å². The van der Waals surface area contributed by atoms with Crippen LogP contribution in [0.4, 0.5) is 0 Å². The average molecular weight is 429 g/mol. The van der Waals surface area contributed by atoms with Gasteiger partial charge < -0.3 is 15.0 Å². The summed E-state index contributed by atoms with van der Waals surface area (Å²) in [5.74, 6) is 1.28. The molecule has 2 aromatic carbocycles. The van der Waals surface area contributed by atoms with E-state index in [0.29, 0.717) is 18.7 Å². The number of thioether (sulfide) groups is 1. The Bertz CT molecular complexity index is 796. The first kappa shape index (κ1) is 23.8. The number of nitrogens with one attached hydrogen (secondary N) is 1. The Kier molecular flexibility index (Phi) is 9.74. The Morgan fingerprint density at radius 2 is 1.73 bits per heavy atom. The third-order valence-electron chi connectivity index (χ3n) is 5.01. The lowest BCUT2D eigenvalue weighted by Gasteiger charge is -2.29. The summed E-state index contributed by atoms with van der Waals surface area (Å²) in [6.45, 7) is 6.17. The van der Waals surface area contributed by atoms with Crippen LogP contribution < -0.4 is 10.1 Å². The lowest BCUT2D eigenvalue weighted by atomic mass is 10.1. The first-order chi connectivity index (χ1) is 14.4.